The lowest BCUT2D eigenvalue weighted by atomic mass is 10.1. The number of nitrogens with one attached hydrogen (secondary N) is 1. The van der Waals surface area contributed by atoms with Gasteiger partial charge in [0.2, 0.25) is 0 Å². The highest BCUT2D eigenvalue weighted by Crippen LogP contribution is 2.32. The van der Waals surface area contributed by atoms with E-state index < -0.39 is 5.91 Å². The summed E-state index contributed by atoms with van der Waals surface area (Å²) in [5, 5.41) is 22.3. The van der Waals surface area contributed by atoms with Gasteiger partial charge in [-0.15, -0.1) is 0 Å². The lowest BCUT2D eigenvalue weighted by molar-refractivity contribution is -0.117. The summed E-state index contributed by atoms with van der Waals surface area (Å²) in [6.07, 6.45) is 5.42. The quantitative estimate of drug-likeness (QED) is 0.629. The molecule has 1 aliphatic rings. The van der Waals surface area contributed by atoms with E-state index in [0.29, 0.717) is 15.1 Å². The Labute approximate surface area is 136 Å². The van der Waals surface area contributed by atoms with Crippen molar-refractivity contribution in [1.82, 2.24) is 5.32 Å². The Bertz CT molecular complexity index is 631. The second-order valence-corrected chi connectivity index (χ2v) is 6.24. The van der Waals surface area contributed by atoms with E-state index in [0.717, 1.165) is 25.7 Å². The number of benzene rings is 1. The number of carbonyl (C=O) groups excluding carboxylic acids is 1. The minimum Gasteiger partial charge on any atom is -0.506 e. The van der Waals surface area contributed by atoms with Crippen LogP contribution in [0.25, 0.3) is 6.08 Å². The molecule has 0 heterocycles. The molecule has 110 valence electrons. The molecule has 4 nitrogen and oxygen atoms in total. The minimum atomic E-state index is -0.417. The Hall–Kier alpha value is -1.51. The van der Waals surface area contributed by atoms with Crippen LogP contribution in [-0.2, 0) is 4.79 Å². The molecule has 0 unspecified atom stereocenters. The van der Waals surface area contributed by atoms with Gasteiger partial charge in [0.15, 0.2) is 0 Å². The summed E-state index contributed by atoms with van der Waals surface area (Å²) in [6.45, 7) is 0. The molecule has 0 aliphatic heterocycles. The van der Waals surface area contributed by atoms with Gasteiger partial charge in [0.25, 0.3) is 5.91 Å². The first-order chi connectivity index (χ1) is 10.0. The molecule has 1 aliphatic carbocycles. The Morgan fingerprint density at radius 1 is 1.48 bits per heavy atom. The first-order valence-corrected chi connectivity index (χ1v) is 7.79. The molecule has 0 spiro atoms. The minimum absolute atomic E-state index is 0.0497. The number of rotatable bonds is 3. The highest BCUT2D eigenvalue weighted by atomic mass is 79.9. The number of phenols is 1. The van der Waals surface area contributed by atoms with E-state index in [2.05, 4.69) is 21.2 Å². The number of aromatic hydroxyl groups is 1. The summed E-state index contributed by atoms with van der Waals surface area (Å²) in [6, 6.07) is 5.05. The molecule has 0 atom stereocenters. The summed E-state index contributed by atoms with van der Waals surface area (Å²) in [4.78, 5) is 12.1. The molecule has 0 saturated heterocycles. The molecule has 1 amide bonds. The monoisotopic (exact) mass is 368 g/mol. The van der Waals surface area contributed by atoms with Crippen molar-refractivity contribution in [3.05, 3.63) is 32.8 Å². The molecular formula is C15H14BrClN2O2. The summed E-state index contributed by atoms with van der Waals surface area (Å²) in [5.74, 6) is -0.472. The highest BCUT2D eigenvalue weighted by molar-refractivity contribution is 9.10. The smallest absolute Gasteiger partial charge is 0.262 e. The Kier molecular flexibility index (Phi) is 5.27. The van der Waals surface area contributed by atoms with Gasteiger partial charge in [0.05, 0.1) is 4.47 Å². The Morgan fingerprint density at radius 3 is 2.76 bits per heavy atom. The van der Waals surface area contributed by atoms with E-state index in [1.54, 1.807) is 6.07 Å². The van der Waals surface area contributed by atoms with Crippen LogP contribution in [0, 0.1) is 11.3 Å². The molecule has 1 aromatic rings. The standard InChI is InChI=1S/C15H14BrClN2O2/c16-13-7-11(17)6-9(14(13)20)5-10(8-18)15(21)19-12-3-1-2-4-12/h5-7,12,20H,1-4H2,(H,19,21)/b10-5-. The average Bonchev–Trinajstić information content (AvgIpc) is 2.93. The van der Waals surface area contributed by atoms with Crippen molar-refractivity contribution in [2.75, 3.05) is 0 Å². The second kappa shape index (κ2) is 6.97. The summed E-state index contributed by atoms with van der Waals surface area (Å²) >= 11 is 9.08. The van der Waals surface area contributed by atoms with E-state index in [4.69, 9.17) is 16.9 Å². The molecule has 0 bridgehead atoms. The van der Waals surface area contributed by atoms with Crippen LogP contribution >= 0.6 is 27.5 Å². The zero-order valence-corrected chi connectivity index (χ0v) is 13.5. The Morgan fingerprint density at radius 2 is 2.14 bits per heavy atom. The van der Waals surface area contributed by atoms with Crippen molar-refractivity contribution >= 4 is 39.5 Å². The number of nitrogens with zero attached hydrogens (tertiary/aromatic N) is 1. The summed E-state index contributed by atoms with van der Waals surface area (Å²) < 4.78 is 0.412. The highest BCUT2D eigenvalue weighted by Gasteiger charge is 2.19. The molecule has 2 N–H and O–H groups in total. The maximum Gasteiger partial charge on any atom is 0.262 e. The fourth-order valence-corrected chi connectivity index (χ4v) is 3.17. The lowest BCUT2D eigenvalue weighted by Gasteiger charge is -2.11. The molecule has 0 aromatic heterocycles. The zero-order chi connectivity index (χ0) is 15.4. The van der Waals surface area contributed by atoms with Crippen LogP contribution in [0.1, 0.15) is 31.2 Å². The van der Waals surface area contributed by atoms with Crippen LogP contribution in [0.2, 0.25) is 5.02 Å². The van der Waals surface area contributed by atoms with Gasteiger partial charge < -0.3 is 10.4 Å². The van der Waals surface area contributed by atoms with Crippen molar-refractivity contribution in [3.8, 4) is 11.8 Å². The number of hydrogen-bond acceptors (Lipinski definition) is 3. The van der Waals surface area contributed by atoms with E-state index in [9.17, 15) is 9.90 Å². The topological polar surface area (TPSA) is 73.1 Å². The fraction of sp³-hybridized carbons (Fsp3) is 0.333. The van der Waals surface area contributed by atoms with Crippen LogP contribution in [0.15, 0.2) is 22.2 Å². The molecule has 1 saturated carbocycles. The maximum atomic E-state index is 12.1. The first kappa shape index (κ1) is 15.9. The van der Waals surface area contributed by atoms with Crippen molar-refractivity contribution in [2.24, 2.45) is 0 Å². The second-order valence-electron chi connectivity index (χ2n) is 4.95. The number of carbonyl (C=O) groups is 1. The van der Waals surface area contributed by atoms with Crippen LogP contribution < -0.4 is 5.32 Å². The molecule has 1 aromatic carbocycles. The average molecular weight is 370 g/mol. The first-order valence-electron chi connectivity index (χ1n) is 6.62. The number of amides is 1. The van der Waals surface area contributed by atoms with E-state index in [1.807, 2.05) is 6.07 Å². The van der Waals surface area contributed by atoms with Crippen LogP contribution in [0.3, 0.4) is 0 Å². The predicted octanol–water partition coefficient (Wildman–Crippen LogP) is 3.77. The van der Waals surface area contributed by atoms with Crippen LogP contribution in [-0.4, -0.2) is 17.1 Å². The van der Waals surface area contributed by atoms with Gasteiger partial charge in [-0.1, -0.05) is 24.4 Å². The van der Waals surface area contributed by atoms with Crippen LogP contribution in [0.4, 0.5) is 0 Å². The number of hydrogen-bond donors (Lipinski definition) is 2. The molecule has 0 radical (unpaired) electrons. The van der Waals surface area contributed by atoms with Crippen LogP contribution in [0.5, 0.6) is 5.75 Å². The molecule has 2 rings (SSSR count). The van der Waals surface area contributed by atoms with E-state index in [-0.39, 0.29) is 17.4 Å². The number of halogens is 2. The maximum absolute atomic E-state index is 12.1. The summed E-state index contributed by atoms with van der Waals surface area (Å²) in [7, 11) is 0. The normalized spacial score (nSPS) is 15.8. The van der Waals surface area contributed by atoms with Gasteiger partial charge in [0.1, 0.15) is 17.4 Å². The van der Waals surface area contributed by atoms with Gasteiger partial charge in [-0.3, -0.25) is 4.79 Å². The SMILES string of the molecule is N#C/C(=C/c1cc(Cl)cc(Br)c1O)C(=O)NC1CCCC1. The van der Waals surface area contributed by atoms with Gasteiger partial charge in [-0.25, -0.2) is 0 Å². The molecule has 1 fully saturated rings. The van der Waals surface area contributed by atoms with Gasteiger partial charge in [0, 0.05) is 16.6 Å². The molecule has 6 heteroatoms. The third-order valence-electron chi connectivity index (χ3n) is 3.41. The number of nitriles is 1. The van der Waals surface area contributed by atoms with Crippen molar-refractivity contribution in [2.45, 2.75) is 31.7 Å². The van der Waals surface area contributed by atoms with Crippen molar-refractivity contribution < 1.29 is 9.90 Å². The summed E-state index contributed by atoms with van der Waals surface area (Å²) in [5.41, 5.74) is 0.277. The van der Waals surface area contributed by atoms with Crippen molar-refractivity contribution in [3.63, 3.8) is 0 Å². The van der Waals surface area contributed by atoms with Gasteiger partial charge in [-0.05, 0) is 47.0 Å². The fourth-order valence-electron chi connectivity index (χ4n) is 2.33. The number of phenolic OH excluding ortho intramolecular Hbond substituents is 1. The largest absolute Gasteiger partial charge is 0.506 e. The molecule has 21 heavy (non-hydrogen) atoms. The van der Waals surface area contributed by atoms with Crippen molar-refractivity contribution in [1.29, 1.82) is 5.26 Å². The van der Waals surface area contributed by atoms with Gasteiger partial charge in [-0.2, -0.15) is 5.26 Å². The Balaban J connectivity index is 2.24. The van der Waals surface area contributed by atoms with E-state index >= 15 is 0 Å². The third kappa shape index (κ3) is 3.99. The van der Waals surface area contributed by atoms with E-state index in [1.165, 1.54) is 12.1 Å². The van der Waals surface area contributed by atoms with Gasteiger partial charge >= 0.3 is 0 Å². The molecular weight excluding hydrogens is 356 g/mol. The third-order valence-corrected chi connectivity index (χ3v) is 4.24. The predicted molar refractivity (Wildman–Crippen MR) is 84.8 cm³/mol. The zero-order valence-electron chi connectivity index (χ0n) is 11.2. The lowest BCUT2D eigenvalue weighted by Crippen LogP contribution is -2.33.